The number of hydrogen-bond acceptors (Lipinski definition) is 1. The molecule has 0 aliphatic carbocycles. The Bertz CT molecular complexity index is 606. The second-order valence-corrected chi connectivity index (χ2v) is 4.75. The molecule has 19 heavy (non-hydrogen) atoms. The lowest BCUT2D eigenvalue weighted by Crippen LogP contribution is -1.99. The van der Waals surface area contributed by atoms with Crippen molar-refractivity contribution < 1.29 is 0 Å². The standard InChI is InChI=1S/C18H19N/c1-5-16-9-8-14(3)18(12-16)19-15(4)17-10-6-13(2)7-11-17/h5-12,19H,1,4H2,2-3H3. The third-order valence-electron chi connectivity index (χ3n) is 3.18. The SMILES string of the molecule is C=Cc1ccc(C)c(NC(=C)c2ccc(C)cc2)c1. The maximum Gasteiger partial charge on any atom is 0.0419 e. The minimum absolute atomic E-state index is 0.907. The van der Waals surface area contributed by atoms with Crippen LogP contribution < -0.4 is 5.32 Å². The first-order chi connectivity index (χ1) is 9.10. The summed E-state index contributed by atoms with van der Waals surface area (Å²) in [6, 6.07) is 14.6. The second kappa shape index (κ2) is 5.57. The Balaban J connectivity index is 2.23. The van der Waals surface area contributed by atoms with Crippen LogP contribution in [-0.4, -0.2) is 0 Å². The molecule has 0 heterocycles. The van der Waals surface area contributed by atoms with Gasteiger partial charge in [-0.05, 0) is 36.6 Å². The number of benzene rings is 2. The minimum atomic E-state index is 0.907. The van der Waals surface area contributed by atoms with E-state index in [1.165, 1.54) is 11.1 Å². The highest BCUT2D eigenvalue weighted by molar-refractivity contribution is 5.77. The van der Waals surface area contributed by atoms with E-state index in [9.17, 15) is 0 Å². The van der Waals surface area contributed by atoms with Crippen molar-refractivity contribution in [1.29, 1.82) is 0 Å². The molecule has 0 aliphatic heterocycles. The van der Waals surface area contributed by atoms with Gasteiger partial charge in [0.1, 0.15) is 0 Å². The summed E-state index contributed by atoms with van der Waals surface area (Å²) in [7, 11) is 0. The first kappa shape index (κ1) is 13.2. The normalized spacial score (nSPS) is 10.0. The van der Waals surface area contributed by atoms with Crippen molar-refractivity contribution in [3.63, 3.8) is 0 Å². The number of anilines is 1. The molecule has 0 unspecified atom stereocenters. The summed E-state index contributed by atoms with van der Waals surface area (Å²) in [5.74, 6) is 0. The van der Waals surface area contributed by atoms with E-state index in [0.29, 0.717) is 0 Å². The van der Waals surface area contributed by atoms with Crippen LogP contribution in [0.4, 0.5) is 5.69 Å². The number of rotatable bonds is 4. The fraction of sp³-hybridized carbons (Fsp3) is 0.111. The van der Waals surface area contributed by atoms with Crippen molar-refractivity contribution in [2.24, 2.45) is 0 Å². The Morgan fingerprint density at radius 3 is 2.37 bits per heavy atom. The molecular formula is C18H19N. The maximum absolute atomic E-state index is 4.11. The summed E-state index contributed by atoms with van der Waals surface area (Å²) in [5.41, 5.74) is 6.63. The van der Waals surface area contributed by atoms with E-state index in [4.69, 9.17) is 0 Å². The van der Waals surface area contributed by atoms with E-state index < -0.39 is 0 Å². The Kier molecular flexibility index (Phi) is 3.86. The van der Waals surface area contributed by atoms with Gasteiger partial charge < -0.3 is 5.32 Å². The molecule has 0 radical (unpaired) electrons. The minimum Gasteiger partial charge on any atom is -0.355 e. The first-order valence-electron chi connectivity index (χ1n) is 6.36. The zero-order chi connectivity index (χ0) is 13.8. The first-order valence-corrected chi connectivity index (χ1v) is 6.36. The Hall–Kier alpha value is -2.28. The molecule has 0 aliphatic rings. The lowest BCUT2D eigenvalue weighted by Gasteiger charge is -2.13. The Morgan fingerprint density at radius 2 is 1.74 bits per heavy atom. The molecular weight excluding hydrogens is 230 g/mol. The van der Waals surface area contributed by atoms with Gasteiger partial charge >= 0.3 is 0 Å². The quantitative estimate of drug-likeness (QED) is 0.801. The molecule has 1 nitrogen and oxygen atoms in total. The largest absolute Gasteiger partial charge is 0.355 e. The average Bonchev–Trinajstić information content (AvgIpc) is 2.42. The van der Waals surface area contributed by atoms with Crippen LogP contribution in [0.5, 0.6) is 0 Å². The van der Waals surface area contributed by atoms with Gasteiger partial charge in [0.05, 0.1) is 0 Å². The van der Waals surface area contributed by atoms with Crippen LogP contribution in [0.3, 0.4) is 0 Å². The van der Waals surface area contributed by atoms with Crippen LogP contribution in [0.1, 0.15) is 22.3 Å². The number of aryl methyl sites for hydroxylation is 2. The van der Waals surface area contributed by atoms with E-state index in [1.807, 2.05) is 6.08 Å². The third-order valence-corrected chi connectivity index (χ3v) is 3.18. The molecule has 0 bridgehead atoms. The average molecular weight is 249 g/mol. The Morgan fingerprint density at radius 1 is 1.05 bits per heavy atom. The van der Waals surface area contributed by atoms with Gasteiger partial charge in [-0.25, -0.2) is 0 Å². The topological polar surface area (TPSA) is 12.0 Å². The monoisotopic (exact) mass is 249 g/mol. The third kappa shape index (κ3) is 3.14. The van der Waals surface area contributed by atoms with Crippen LogP contribution >= 0.6 is 0 Å². The summed E-state index contributed by atoms with van der Waals surface area (Å²) < 4.78 is 0. The zero-order valence-electron chi connectivity index (χ0n) is 11.5. The van der Waals surface area contributed by atoms with Crippen molar-refractivity contribution in [2.75, 3.05) is 5.32 Å². The molecule has 0 aromatic heterocycles. The van der Waals surface area contributed by atoms with Crippen LogP contribution in [0.15, 0.2) is 55.6 Å². The van der Waals surface area contributed by atoms with E-state index in [1.54, 1.807) is 0 Å². The number of nitrogens with one attached hydrogen (secondary N) is 1. The van der Waals surface area contributed by atoms with E-state index >= 15 is 0 Å². The summed E-state index contributed by atoms with van der Waals surface area (Å²) in [6.45, 7) is 12.1. The molecule has 1 N–H and O–H groups in total. The molecule has 96 valence electrons. The van der Waals surface area contributed by atoms with Crippen molar-refractivity contribution >= 4 is 17.5 Å². The predicted molar refractivity (Wildman–Crippen MR) is 85.1 cm³/mol. The number of hydrogen-bond donors (Lipinski definition) is 1. The van der Waals surface area contributed by atoms with Crippen LogP contribution in [-0.2, 0) is 0 Å². The molecule has 0 fully saturated rings. The van der Waals surface area contributed by atoms with Crippen LogP contribution in [0.25, 0.3) is 11.8 Å². The van der Waals surface area contributed by atoms with Gasteiger partial charge in [-0.1, -0.05) is 61.2 Å². The molecule has 0 spiro atoms. The van der Waals surface area contributed by atoms with E-state index in [0.717, 1.165) is 22.5 Å². The smallest absolute Gasteiger partial charge is 0.0419 e. The lowest BCUT2D eigenvalue weighted by molar-refractivity contribution is 1.41. The summed E-state index contributed by atoms with van der Waals surface area (Å²) in [6.07, 6.45) is 1.85. The van der Waals surface area contributed by atoms with Crippen LogP contribution in [0, 0.1) is 13.8 Å². The van der Waals surface area contributed by atoms with Gasteiger partial charge in [-0.3, -0.25) is 0 Å². The molecule has 0 amide bonds. The Labute approximate surface area is 115 Å². The summed E-state index contributed by atoms with van der Waals surface area (Å²) >= 11 is 0. The van der Waals surface area contributed by atoms with Crippen molar-refractivity contribution in [1.82, 2.24) is 0 Å². The highest BCUT2D eigenvalue weighted by atomic mass is 14.9. The molecule has 0 saturated carbocycles. The zero-order valence-corrected chi connectivity index (χ0v) is 11.5. The summed E-state index contributed by atoms with van der Waals surface area (Å²) in [4.78, 5) is 0. The second-order valence-electron chi connectivity index (χ2n) is 4.75. The molecule has 2 aromatic carbocycles. The van der Waals surface area contributed by atoms with Gasteiger partial charge in [0.2, 0.25) is 0 Å². The highest BCUT2D eigenvalue weighted by Gasteiger charge is 2.02. The predicted octanol–water partition coefficient (Wildman–Crippen LogP) is 5.03. The fourth-order valence-electron chi connectivity index (χ4n) is 1.89. The molecule has 0 saturated heterocycles. The van der Waals surface area contributed by atoms with Crippen LogP contribution in [0.2, 0.25) is 0 Å². The fourth-order valence-corrected chi connectivity index (χ4v) is 1.89. The van der Waals surface area contributed by atoms with Gasteiger partial charge in [0.15, 0.2) is 0 Å². The van der Waals surface area contributed by atoms with E-state index in [2.05, 4.69) is 74.8 Å². The van der Waals surface area contributed by atoms with Crippen molar-refractivity contribution in [2.45, 2.75) is 13.8 Å². The van der Waals surface area contributed by atoms with Crippen molar-refractivity contribution in [3.8, 4) is 0 Å². The van der Waals surface area contributed by atoms with E-state index in [-0.39, 0.29) is 0 Å². The highest BCUT2D eigenvalue weighted by Crippen LogP contribution is 2.22. The van der Waals surface area contributed by atoms with Gasteiger partial charge in [0.25, 0.3) is 0 Å². The maximum atomic E-state index is 4.11. The van der Waals surface area contributed by atoms with Gasteiger partial charge in [0, 0.05) is 11.4 Å². The van der Waals surface area contributed by atoms with Crippen molar-refractivity contribution in [3.05, 3.63) is 77.9 Å². The van der Waals surface area contributed by atoms with Gasteiger partial charge in [-0.15, -0.1) is 0 Å². The molecule has 1 heteroatoms. The molecule has 2 aromatic rings. The lowest BCUT2D eigenvalue weighted by atomic mass is 10.1. The molecule has 2 rings (SSSR count). The van der Waals surface area contributed by atoms with Gasteiger partial charge in [-0.2, -0.15) is 0 Å². The summed E-state index contributed by atoms with van der Waals surface area (Å²) in [5, 5.41) is 3.38. The molecule has 0 atom stereocenters.